The molecule has 6 heterocycles. The lowest BCUT2D eigenvalue weighted by Crippen LogP contribution is -2.13. The van der Waals surface area contributed by atoms with Crippen LogP contribution in [0.2, 0.25) is 10.0 Å². The van der Waals surface area contributed by atoms with Crippen molar-refractivity contribution >= 4 is 188 Å². The summed E-state index contributed by atoms with van der Waals surface area (Å²) in [6.45, 7) is 35.6. The summed E-state index contributed by atoms with van der Waals surface area (Å²) in [5.74, 6) is -0.147. The van der Waals surface area contributed by atoms with Gasteiger partial charge in [0.1, 0.15) is 11.5 Å². The molecule has 0 radical (unpaired) electrons. The monoisotopic (exact) mass is 1670 g/mol. The lowest BCUT2D eigenvalue weighted by atomic mass is 10.0. The van der Waals surface area contributed by atoms with Gasteiger partial charge in [-0.3, -0.25) is 0 Å². The maximum Gasteiger partial charge on any atom is 0.345 e. The molecule has 0 aliphatic heterocycles. The van der Waals surface area contributed by atoms with Gasteiger partial charge in [-0.1, -0.05) is 238 Å². The maximum absolute atomic E-state index is 13.3. The van der Waals surface area contributed by atoms with Gasteiger partial charge in [0.15, 0.2) is 23.0 Å². The summed E-state index contributed by atoms with van der Waals surface area (Å²) in [6, 6.07) is 61.1. The lowest BCUT2D eigenvalue weighted by molar-refractivity contribution is 0.0726. The highest BCUT2D eigenvalue weighted by atomic mass is 35.5. The molecule has 9 aromatic carbocycles. The summed E-state index contributed by atoms with van der Waals surface area (Å²) in [6.07, 6.45) is 0. The first-order chi connectivity index (χ1) is 53.4. The van der Waals surface area contributed by atoms with Gasteiger partial charge in [0.25, 0.3) is 0 Å². The van der Waals surface area contributed by atoms with Crippen LogP contribution >= 0.6 is 91.2 Å². The second kappa shape index (κ2) is 46.3. The van der Waals surface area contributed by atoms with Crippen LogP contribution in [0.1, 0.15) is 197 Å². The van der Waals surface area contributed by atoms with Crippen LogP contribution in [0.25, 0.3) is 60.5 Å². The van der Waals surface area contributed by atoms with Crippen LogP contribution in [0.15, 0.2) is 206 Å². The van der Waals surface area contributed by atoms with Crippen LogP contribution in [0.3, 0.4) is 0 Å². The number of benzene rings is 9. The van der Waals surface area contributed by atoms with Gasteiger partial charge >= 0.3 is 35.8 Å². The van der Waals surface area contributed by atoms with E-state index in [-0.39, 0.29) is 22.3 Å². The molecular weight excluding hydrogens is 1570 g/mol. The second-order valence-corrected chi connectivity index (χ2v) is 30.5. The predicted molar refractivity (Wildman–Crippen MR) is 487 cm³/mol. The molecule has 0 amide bonds. The van der Waals surface area contributed by atoms with Gasteiger partial charge in [0, 0.05) is 50.8 Å². The highest BCUT2D eigenvalue weighted by molar-refractivity contribution is 7.23. The number of thiophene rings is 6. The van der Waals surface area contributed by atoms with E-state index >= 15 is 0 Å². The summed E-state index contributed by atoms with van der Waals surface area (Å²) < 4.78 is 39.3. The number of hydrogen-bond donors (Lipinski definition) is 0. The fourth-order valence-corrected chi connectivity index (χ4v) is 17.9. The Bertz CT molecular complexity index is 5160. The maximum atomic E-state index is 13.3. The molecule has 0 saturated carbocycles. The van der Waals surface area contributed by atoms with Gasteiger partial charge in [0.2, 0.25) is 0 Å². The zero-order valence-corrected chi connectivity index (χ0v) is 71.1. The zero-order chi connectivity index (χ0) is 80.5. The van der Waals surface area contributed by atoms with Crippen molar-refractivity contribution < 1.29 is 57.2 Å². The normalized spacial score (nSPS) is 9.95. The fraction of sp³-hybridized carbons (Fsp3) is 0.226. The number of carbonyl (C=O) groups is 6. The minimum Gasteiger partial charge on any atom is -0.423 e. The van der Waals surface area contributed by atoms with E-state index < -0.39 is 35.8 Å². The predicted octanol–water partition coefficient (Wildman–Crippen LogP) is 30.9. The number of fused-ring (bicyclic) bond motifs is 6. The molecule has 0 N–H and O–H groups in total. The van der Waals surface area contributed by atoms with Crippen molar-refractivity contribution in [2.24, 2.45) is 0 Å². The molecule has 0 saturated heterocycles. The molecule has 0 spiro atoms. The van der Waals surface area contributed by atoms with Crippen molar-refractivity contribution in [2.45, 2.75) is 147 Å². The molecule has 6 aromatic heterocycles. The van der Waals surface area contributed by atoms with Crippen LogP contribution in [0.5, 0.6) is 34.5 Å². The van der Waals surface area contributed by atoms with Gasteiger partial charge in [0.05, 0.1) is 82.4 Å². The quantitative estimate of drug-likeness (QED) is 0.0843. The summed E-state index contributed by atoms with van der Waals surface area (Å²) >= 11 is 22.1. The Morgan fingerprint density at radius 3 is 0.735 bits per heavy atom. The Labute approximate surface area is 699 Å². The van der Waals surface area contributed by atoms with Crippen LogP contribution in [0.4, 0.5) is 0 Å². The Morgan fingerprint density at radius 2 is 0.478 bits per heavy atom. The van der Waals surface area contributed by atoms with Crippen LogP contribution < -0.4 is 28.4 Å². The van der Waals surface area contributed by atoms with Gasteiger partial charge in [-0.2, -0.15) is 0 Å². The number of hydrogen-bond acceptors (Lipinski definition) is 18. The second-order valence-electron chi connectivity index (χ2n) is 22.2. The van der Waals surface area contributed by atoms with E-state index in [9.17, 15) is 28.8 Å². The topological polar surface area (TPSA) is 158 Å². The van der Waals surface area contributed by atoms with E-state index in [1.165, 1.54) is 68.0 Å². The summed E-state index contributed by atoms with van der Waals surface area (Å²) in [5.41, 5.74) is 2.74. The molecule has 15 aromatic rings. The summed E-state index contributed by atoms with van der Waals surface area (Å²) in [5, 5.41) is 4.88. The SMILES string of the molecule is C.C.C.CC.CC.CC.CC.CC.CC.Cc1cc2c(C(=O)Oc3ccccc3)c3sc(C)cc3c(C(=O)Oc3ccccc3)c2s1.Cc1cc2c(OC(=O)c3ccccc3)c3sc(C)cc3c(OC(=O)c3ccccc3)c2s1.Cc1sc2c(OC(=O)c3ccccc3)c3c(Cl)c(C)sc3c(OC(=O)c3ccccc3)c2c1Cl. The molecule has 594 valence electrons. The minimum atomic E-state index is -0.515. The lowest BCUT2D eigenvalue weighted by Gasteiger charge is -2.13. The minimum absolute atomic E-state index is 0. The van der Waals surface area contributed by atoms with Gasteiger partial charge in [-0.25, -0.2) is 28.8 Å². The molecule has 0 unspecified atom stereocenters. The third kappa shape index (κ3) is 22.3. The van der Waals surface area contributed by atoms with Crippen molar-refractivity contribution in [3.8, 4) is 34.5 Å². The third-order valence-electron chi connectivity index (χ3n) is 15.3. The van der Waals surface area contributed by atoms with E-state index in [0.29, 0.717) is 109 Å². The molecule has 0 bridgehead atoms. The first-order valence-electron chi connectivity index (χ1n) is 36.3. The summed E-state index contributed by atoms with van der Waals surface area (Å²) in [7, 11) is 0. The van der Waals surface area contributed by atoms with Crippen LogP contribution in [0, 0.1) is 41.5 Å². The number of esters is 6. The molecule has 12 nitrogen and oxygen atoms in total. The van der Waals surface area contributed by atoms with Crippen LogP contribution in [-0.2, 0) is 0 Å². The fourth-order valence-electron chi connectivity index (χ4n) is 11.0. The first-order valence-corrected chi connectivity index (χ1v) is 41.9. The molecular formula is C93H100Cl2O12S6. The Balaban J connectivity index is 0.000000330. The smallest absolute Gasteiger partial charge is 0.345 e. The van der Waals surface area contributed by atoms with Crippen LogP contribution in [-0.4, -0.2) is 35.8 Å². The van der Waals surface area contributed by atoms with Gasteiger partial charge in [-0.15, -0.1) is 68.0 Å². The largest absolute Gasteiger partial charge is 0.423 e. The average Bonchev–Trinajstić information content (AvgIpc) is 1.60. The Hall–Kier alpha value is -9.86. The third-order valence-corrected chi connectivity index (χ3v) is 22.9. The standard InChI is InChI=1S/C26H16Cl2O4S2.2C26H18O4S2.6C2H6.3CH4/c1-13-19(27)17-21(31-25(29)15-9-5-3-6-10-15)24-18(20(28)14(2)34-24)22(23(17)33-13)32-26(30)16-11-7-4-8-12-16;1-15-13-19-21(25(27)29-17-9-5-3-6-10-17)24-20(14-16(2)32-24)22(23(19)31-15)26(28)30-18-11-7-4-8-12-18;1-15-13-19-21(29-25(27)17-9-5-3-6-10-17)24-20(14-16(2)32-24)22(23(19)31-15)30-26(28)18-11-7-4-8-12-18;6*1-2;;;/h3-12H,1-2H3;2*3-14H,1-2H3;6*1-2H3;3*1H4. The van der Waals surface area contributed by atoms with E-state index in [1.807, 2.05) is 210 Å². The molecule has 15 rings (SSSR count). The Morgan fingerprint density at radius 1 is 0.257 bits per heavy atom. The average molecular weight is 1670 g/mol. The molecule has 0 aliphatic rings. The van der Waals surface area contributed by atoms with Crippen molar-refractivity contribution in [1.29, 1.82) is 0 Å². The van der Waals surface area contributed by atoms with Crippen molar-refractivity contribution in [3.05, 3.63) is 279 Å². The van der Waals surface area contributed by atoms with E-state index in [4.69, 9.17) is 51.6 Å². The first kappa shape index (κ1) is 95.5. The Kier molecular flexibility index (Phi) is 39.2. The zero-order valence-electron chi connectivity index (χ0n) is 64.7. The van der Waals surface area contributed by atoms with Gasteiger partial charge < -0.3 is 28.4 Å². The number of halogens is 2. The summed E-state index contributed by atoms with van der Waals surface area (Å²) in [4.78, 5) is 84.0. The molecule has 0 atom stereocenters. The number of carbonyl (C=O) groups excluding carboxylic acids is 6. The molecule has 20 heteroatoms. The van der Waals surface area contributed by atoms with Crippen molar-refractivity contribution in [1.82, 2.24) is 0 Å². The molecule has 113 heavy (non-hydrogen) atoms. The van der Waals surface area contributed by atoms with E-state index in [0.717, 1.165) is 58.8 Å². The van der Waals surface area contributed by atoms with E-state index in [2.05, 4.69) is 0 Å². The van der Waals surface area contributed by atoms with Crippen molar-refractivity contribution in [3.63, 3.8) is 0 Å². The highest BCUT2D eigenvalue weighted by Gasteiger charge is 2.32. The number of para-hydroxylation sites is 2. The number of ether oxygens (including phenoxy) is 6. The molecule has 0 aliphatic carbocycles. The van der Waals surface area contributed by atoms with Crippen molar-refractivity contribution in [2.75, 3.05) is 0 Å². The molecule has 0 fully saturated rings. The van der Waals surface area contributed by atoms with Gasteiger partial charge in [-0.05, 0) is 139 Å². The highest BCUT2D eigenvalue weighted by Crippen LogP contribution is 2.56. The number of aryl methyl sites for hydroxylation is 6. The number of rotatable bonds is 12. The van der Waals surface area contributed by atoms with E-state index in [1.54, 1.807) is 121 Å².